The number of carbonyl (C=O) groups excluding carboxylic acids is 1. The lowest BCUT2D eigenvalue weighted by molar-refractivity contribution is 0.0940. The lowest BCUT2D eigenvalue weighted by Gasteiger charge is -2.43. The van der Waals surface area contributed by atoms with Crippen LogP contribution in [0.4, 0.5) is 0 Å². The Morgan fingerprint density at radius 3 is 2.16 bits per heavy atom. The highest BCUT2D eigenvalue weighted by Crippen LogP contribution is 2.42. The van der Waals surface area contributed by atoms with Crippen molar-refractivity contribution in [2.24, 2.45) is 0 Å². The van der Waals surface area contributed by atoms with Gasteiger partial charge in [-0.15, -0.1) is 0 Å². The smallest absolute Gasteiger partial charge is 0.269 e. The lowest BCUT2D eigenvalue weighted by atomic mass is 9.68. The van der Waals surface area contributed by atoms with E-state index in [0.29, 0.717) is 30.4 Å². The number of hydrogen-bond donors (Lipinski definition) is 1. The van der Waals surface area contributed by atoms with E-state index in [2.05, 4.69) is 75.9 Å². The van der Waals surface area contributed by atoms with Crippen LogP contribution in [0, 0.1) is 0 Å². The van der Waals surface area contributed by atoms with E-state index < -0.39 is 0 Å². The van der Waals surface area contributed by atoms with Crippen LogP contribution < -0.4 is 5.32 Å². The van der Waals surface area contributed by atoms with Crippen LogP contribution >= 0.6 is 11.6 Å². The molecule has 1 aliphatic heterocycles. The summed E-state index contributed by atoms with van der Waals surface area (Å²) >= 11 is 6.12. The summed E-state index contributed by atoms with van der Waals surface area (Å²) in [5.41, 5.74) is 5.21. The molecule has 0 saturated carbocycles. The first kappa shape index (κ1) is 28.9. The van der Waals surface area contributed by atoms with Gasteiger partial charge in [-0.3, -0.25) is 9.69 Å². The Balaban J connectivity index is 1.19. The van der Waals surface area contributed by atoms with Crippen molar-refractivity contribution in [3.05, 3.63) is 143 Å². The van der Waals surface area contributed by atoms with Gasteiger partial charge in [0, 0.05) is 49.0 Å². The van der Waals surface area contributed by atoms with E-state index in [-0.39, 0.29) is 11.3 Å². The van der Waals surface area contributed by atoms with E-state index in [1.165, 1.54) is 11.1 Å². The average Bonchev–Trinajstić information content (AvgIpc) is 3.72. The maximum absolute atomic E-state index is 13.6. The number of aromatic nitrogens is 4. The first-order chi connectivity index (χ1) is 21.1. The number of imidazole rings is 2. The molecule has 1 fully saturated rings. The molecule has 1 N–H and O–H groups in total. The number of likely N-dealkylation sites (tertiary alicyclic amines) is 1. The van der Waals surface area contributed by atoms with Gasteiger partial charge in [-0.05, 0) is 61.2 Å². The maximum atomic E-state index is 13.6. The van der Waals surface area contributed by atoms with Gasteiger partial charge in [0.05, 0.1) is 18.3 Å². The standard InChI is InChI=1S/C35H37ClN6O/c36-31-14-12-28(13-15-31)24-42-27-39-32(33(42)34(43)38-18-7-20-41-23-19-37-26-41)25-40-21-16-35(17-22-40,29-8-3-1-4-9-29)30-10-5-2-6-11-30/h1-6,8-15,19,23,26-27H,7,16-18,20-22,24-25H2,(H,38,43). The summed E-state index contributed by atoms with van der Waals surface area (Å²) < 4.78 is 3.98. The highest BCUT2D eigenvalue weighted by atomic mass is 35.5. The van der Waals surface area contributed by atoms with Crippen molar-refractivity contribution in [1.82, 2.24) is 29.3 Å². The number of carbonyl (C=O) groups is 1. The summed E-state index contributed by atoms with van der Waals surface area (Å²) in [7, 11) is 0. The van der Waals surface area contributed by atoms with E-state index in [1.807, 2.05) is 39.6 Å². The quantitative estimate of drug-likeness (QED) is 0.186. The van der Waals surface area contributed by atoms with Gasteiger partial charge < -0.3 is 14.5 Å². The number of rotatable bonds is 11. The number of halogens is 1. The molecule has 0 spiro atoms. The molecular weight excluding hydrogens is 556 g/mol. The first-order valence-electron chi connectivity index (χ1n) is 15.0. The molecule has 3 heterocycles. The van der Waals surface area contributed by atoms with Crippen molar-refractivity contribution in [2.45, 2.75) is 44.3 Å². The summed E-state index contributed by atoms with van der Waals surface area (Å²) in [6.07, 6.45) is 10.1. The fraction of sp³-hybridized carbons (Fsp3) is 0.286. The lowest BCUT2D eigenvalue weighted by Crippen LogP contribution is -2.43. The minimum absolute atomic E-state index is 0.0254. The molecule has 5 aromatic rings. The molecule has 0 atom stereocenters. The minimum atomic E-state index is -0.0907. The molecule has 3 aromatic carbocycles. The van der Waals surface area contributed by atoms with Gasteiger partial charge in [0.15, 0.2) is 0 Å². The summed E-state index contributed by atoms with van der Waals surface area (Å²) in [6.45, 7) is 4.39. The van der Waals surface area contributed by atoms with Crippen molar-refractivity contribution in [3.8, 4) is 0 Å². The Morgan fingerprint density at radius 2 is 1.53 bits per heavy atom. The van der Waals surface area contributed by atoms with Crippen molar-refractivity contribution in [3.63, 3.8) is 0 Å². The Hall–Kier alpha value is -4.20. The van der Waals surface area contributed by atoms with E-state index in [9.17, 15) is 4.79 Å². The number of nitrogens with zero attached hydrogens (tertiary/aromatic N) is 5. The molecule has 220 valence electrons. The zero-order chi connectivity index (χ0) is 29.5. The van der Waals surface area contributed by atoms with Crippen LogP contribution in [-0.2, 0) is 25.0 Å². The topological polar surface area (TPSA) is 68.0 Å². The maximum Gasteiger partial charge on any atom is 0.269 e. The normalized spacial score (nSPS) is 14.9. The van der Waals surface area contributed by atoms with Crippen LogP contribution in [0.15, 0.2) is 110 Å². The molecule has 1 amide bonds. The largest absolute Gasteiger partial charge is 0.351 e. The van der Waals surface area contributed by atoms with Gasteiger partial charge in [-0.1, -0.05) is 84.4 Å². The molecule has 1 aliphatic rings. The third-order valence-corrected chi connectivity index (χ3v) is 8.82. The van der Waals surface area contributed by atoms with Gasteiger partial charge in [0.1, 0.15) is 5.69 Å². The number of hydrogen-bond acceptors (Lipinski definition) is 4. The monoisotopic (exact) mass is 592 g/mol. The third kappa shape index (κ3) is 6.74. The molecule has 0 radical (unpaired) electrons. The van der Waals surface area contributed by atoms with Crippen molar-refractivity contribution < 1.29 is 4.79 Å². The van der Waals surface area contributed by atoms with Gasteiger partial charge in [-0.2, -0.15) is 0 Å². The summed E-state index contributed by atoms with van der Waals surface area (Å²) in [5, 5.41) is 3.84. The fourth-order valence-electron chi connectivity index (χ4n) is 6.24. The molecule has 6 rings (SSSR count). The third-order valence-electron chi connectivity index (χ3n) is 8.57. The number of aryl methyl sites for hydroxylation is 1. The van der Waals surface area contributed by atoms with E-state index in [4.69, 9.17) is 16.6 Å². The predicted octanol–water partition coefficient (Wildman–Crippen LogP) is 6.18. The van der Waals surface area contributed by atoms with Gasteiger partial charge in [-0.25, -0.2) is 9.97 Å². The number of amides is 1. The van der Waals surface area contributed by atoms with Crippen molar-refractivity contribution in [2.75, 3.05) is 19.6 Å². The molecule has 7 nitrogen and oxygen atoms in total. The van der Waals surface area contributed by atoms with Crippen molar-refractivity contribution >= 4 is 17.5 Å². The van der Waals surface area contributed by atoms with Crippen LogP contribution in [0.25, 0.3) is 0 Å². The molecule has 0 bridgehead atoms. The van der Waals surface area contributed by atoms with Gasteiger partial charge in [0.2, 0.25) is 0 Å². The predicted molar refractivity (Wildman–Crippen MR) is 170 cm³/mol. The first-order valence-corrected chi connectivity index (χ1v) is 15.3. The summed E-state index contributed by atoms with van der Waals surface area (Å²) in [4.78, 5) is 25.0. The Morgan fingerprint density at radius 1 is 0.860 bits per heavy atom. The molecule has 43 heavy (non-hydrogen) atoms. The highest BCUT2D eigenvalue weighted by molar-refractivity contribution is 6.30. The zero-order valence-electron chi connectivity index (χ0n) is 24.3. The minimum Gasteiger partial charge on any atom is -0.351 e. The van der Waals surface area contributed by atoms with Crippen LogP contribution in [0.3, 0.4) is 0 Å². The molecule has 8 heteroatoms. The number of nitrogens with one attached hydrogen (secondary N) is 1. The number of benzene rings is 3. The van der Waals surface area contributed by atoms with E-state index in [1.54, 1.807) is 18.9 Å². The SMILES string of the molecule is O=C(NCCCn1ccnc1)c1c(CN2CCC(c3ccccc3)(c3ccccc3)CC2)ncn1Cc1ccc(Cl)cc1. The molecule has 1 saturated heterocycles. The molecule has 2 aromatic heterocycles. The van der Waals surface area contributed by atoms with Crippen molar-refractivity contribution in [1.29, 1.82) is 0 Å². The van der Waals surface area contributed by atoms with Crippen LogP contribution in [0.5, 0.6) is 0 Å². The Labute approximate surface area is 258 Å². The second kappa shape index (κ2) is 13.4. The average molecular weight is 593 g/mol. The van der Waals surface area contributed by atoms with Crippen LogP contribution in [0.2, 0.25) is 5.02 Å². The van der Waals surface area contributed by atoms with Crippen LogP contribution in [0.1, 0.15) is 52.1 Å². The second-order valence-corrected chi connectivity index (χ2v) is 11.7. The Bertz CT molecular complexity index is 1550. The fourth-order valence-corrected chi connectivity index (χ4v) is 6.36. The van der Waals surface area contributed by atoms with E-state index in [0.717, 1.165) is 50.2 Å². The van der Waals surface area contributed by atoms with E-state index >= 15 is 0 Å². The van der Waals surface area contributed by atoms with Gasteiger partial charge >= 0.3 is 0 Å². The summed E-state index contributed by atoms with van der Waals surface area (Å²) in [6, 6.07) is 29.5. The van der Waals surface area contributed by atoms with Gasteiger partial charge in [0.25, 0.3) is 5.91 Å². The van der Waals surface area contributed by atoms with Crippen LogP contribution in [-0.4, -0.2) is 49.5 Å². The molecule has 0 aliphatic carbocycles. The molecule has 0 unspecified atom stereocenters. The molecular formula is C35H37ClN6O. The summed E-state index contributed by atoms with van der Waals surface area (Å²) in [5.74, 6) is -0.0907. The zero-order valence-corrected chi connectivity index (χ0v) is 25.0. The highest BCUT2D eigenvalue weighted by Gasteiger charge is 2.38. The Kier molecular flexibility index (Phi) is 9.01. The number of piperidine rings is 1. The second-order valence-electron chi connectivity index (χ2n) is 11.3.